The second-order valence-corrected chi connectivity index (χ2v) is 7.89. The molecule has 5 nitrogen and oxygen atoms in total. The molecule has 0 bridgehead atoms. The number of rotatable bonds is 4. The Morgan fingerprint density at radius 2 is 1.81 bits per heavy atom. The van der Waals surface area contributed by atoms with Crippen molar-refractivity contribution in [2.45, 2.75) is 38.1 Å². The topological polar surface area (TPSA) is 36.7 Å². The molecule has 4 heterocycles. The fourth-order valence-corrected chi connectivity index (χ4v) is 4.67. The van der Waals surface area contributed by atoms with Gasteiger partial charge in [0, 0.05) is 38.3 Å². The van der Waals surface area contributed by atoms with Gasteiger partial charge in [0.1, 0.15) is 5.69 Å². The fourth-order valence-electron chi connectivity index (χ4n) is 4.67. The standard InChI is InChI=1S/C22H27N5/c1-2-7-18(8-3-1)16-25-12-6-9-19(17-25)20-10-11-23-22-21(15-24-27(20)22)26-13-4-5-14-26/h1-3,7-8,10-11,15,19H,4-6,9,12-14,16-17H2. The van der Waals surface area contributed by atoms with Crippen molar-refractivity contribution in [3.63, 3.8) is 0 Å². The van der Waals surface area contributed by atoms with Crippen molar-refractivity contribution < 1.29 is 0 Å². The lowest BCUT2D eigenvalue weighted by atomic mass is 9.94. The average Bonchev–Trinajstić information content (AvgIpc) is 3.38. The van der Waals surface area contributed by atoms with E-state index in [9.17, 15) is 0 Å². The van der Waals surface area contributed by atoms with Crippen molar-refractivity contribution in [2.24, 2.45) is 0 Å². The largest absolute Gasteiger partial charge is 0.367 e. The normalized spacial score (nSPS) is 21.2. The van der Waals surface area contributed by atoms with Gasteiger partial charge in [0.2, 0.25) is 0 Å². The molecule has 0 radical (unpaired) electrons. The van der Waals surface area contributed by atoms with E-state index in [0.29, 0.717) is 5.92 Å². The van der Waals surface area contributed by atoms with E-state index in [1.165, 1.54) is 49.2 Å². The van der Waals surface area contributed by atoms with Gasteiger partial charge in [0.15, 0.2) is 5.65 Å². The Labute approximate surface area is 160 Å². The highest BCUT2D eigenvalue weighted by atomic mass is 15.3. The molecule has 2 aliphatic rings. The lowest BCUT2D eigenvalue weighted by Gasteiger charge is -2.33. The summed E-state index contributed by atoms with van der Waals surface area (Å²) >= 11 is 0. The zero-order chi connectivity index (χ0) is 18.1. The Bertz CT molecular complexity index is 897. The molecule has 1 aromatic carbocycles. The van der Waals surface area contributed by atoms with E-state index in [2.05, 4.69) is 55.7 Å². The number of piperidine rings is 1. The van der Waals surface area contributed by atoms with Crippen LogP contribution in [0.3, 0.4) is 0 Å². The van der Waals surface area contributed by atoms with Crippen LogP contribution < -0.4 is 4.90 Å². The molecular formula is C22H27N5. The first-order valence-electron chi connectivity index (χ1n) is 10.2. The van der Waals surface area contributed by atoms with Gasteiger partial charge in [-0.2, -0.15) is 5.10 Å². The van der Waals surface area contributed by atoms with Crippen LogP contribution in [0.25, 0.3) is 5.65 Å². The van der Waals surface area contributed by atoms with E-state index in [4.69, 9.17) is 5.10 Å². The maximum absolute atomic E-state index is 4.74. The van der Waals surface area contributed by atoms with Crippen molar-refractivity contribution in [3.8, 4) is 0 Å². The number of likely N-dealkylation sites (tertiary alicyclic amines) is 1. The van der Waals surface area contributed by atoms with Crippen LogP contribution in [0.1, 0.15) is 42.9 Å². The van der Waals surface area contributed by atoms with Crippen LogP contribution in [0, 0.1) is 0 Å². The molecule has 2 aliphatic heterocycles. The summed E-state index contributed by atoms with van der Waals surface area (Å²) in [7, 11) is 0. The van der Waals surface area contributed by atoms with Crippen molar-refractivity contribution in [1.29, 1.82) is 0 Å². The van der Waals surface area contributed by atoms with Crippen LogP contribution in [0.15, 0.2) is 48.8 Å². The summed E-state index contributed by atoms with van der Waals surface area (Å²) in [5.74, 6) is 0.513. The summed E-state index contributed by atoms with van der Waals surface area (Å²) in [6.45, 7) is 5.55. The van der Waals surface area contributed by atoms with Gasteiger partial charge in [-0.05, 0) is 43.9 Å². The van der Waals surface area contributed by atoms with Crippen molar-refractivity contribution in [2.75, 3.05) is 31.1 Å². The highest BCUT2D eigenvalue weighted by Gasteiger charge is 2.25. The van der Waals surface area contributed by atoms with Gasteiger partial charge < -0.3 is 4.90 Å². The minimum atomic E-state index is 0.513. The molecule has 0 spiro atoms. The molecule has 1 unspecified atom stereocenters. The van der Waals surface area contributed by atoms with Crippen molar-refractivity contribution in [3.05, 3.63) is 60.0 Å². The molecule has 0 aliphatic carbocycles. The second-order valence-electron chi connectivity index (χ2n) is 7.89. The lowest BCUT2D eigenvalue weighted by molar-refractivity contribution is 0.197. The predicted molar refractivity (Wildman–Crippen MR) is 108 cm³/mol. The zero-order valence-corrected chi connectivity index (χ0v) is 15.8. The molecule has 1 atom stereocenters. The van der Waals surface area contributed by atoms with Crippen LogP contribution in [0.2, 0.25) is 0 Å². The number of anilines is 1. The Morgan fingerprint density at radius 3 is 2.67 bits per heavy atom. The summed E-state index contributed by atoms with van der Waals surface area (Å²) in [5.41, 5.74) is 4.93. The molecule has 2 saturated heterocycles. The van der Waals surface area contributed by atoms with Gasteiger partial charge in [-0.3, -0.25) is 4.90 Å². The van der Waals surface area contributed by atoms with E-state index >= 15 is 0 Å². The van der Waals surface area contributed by atoms with Gasteiger partial charge >= 0.3 is 0 Å². The van der Waals surface area contributed by atoms with Crippen LogP contribution in [-0.4, -0.2) is 45.7 Å². The molecule has 2 aromatic heterocycles. The SMILES string of the molecule is c1ccc(CN2CCCC(c3ccnc4c(N5CCCC5)cnn34)C2)cc1. The summed E-state index contributed by atoms with van der Waals surface area (Å²) in [4.78, 5) is 9.69. The van der Waals surface area contributed by atoms with Crippen LogP contribution in [0.5, 0.6) is 0 Å². The second kappa shape index (κ2) is 7.31. The maximum Gasteiger partial charge on any atom is 0.178 e. The van der Waals surface area contributed by atoms with E-state index in [1.54, 1.807) is 0 Å². The molecular weight excluding hydrogens is 334 g/mol. The molecule has 0 N–H and O–H groups in total. The van der Waals surface area contributed by atoms with Gasteiger partial charge in [0.05, 0.1) is 11.9 Å². The third-order valence-corrected chi connectivity index (χ3v) is 6.03. The number of fused-ring (bicyclic) bond motifs is 1. The molecule has 140 valence electrons. The first-order chi connectivity index (χ1) is 13.4. The number of benzene rings is 1. The summed E-state index contributed by atoms with van der Waals surface area (Å²) in [6.07, 6.45) is 9.00. The Balaban J connectivity index is 1.39. The van der Waals surface area contributed by atoms with Crippen molar-refractivity contribution in [1.82, 2.24) is 19.5 Å². The van der Waals surface area contributed by atoms with E-state index < -0.39 is 0 Å². The van der Waals surface area contributed by atoms with E-state index in [0.717, 1.165) is 31.8 Å². The minimum Gasteiger partial charge on any atom is -0.367 e. The Kier molecular flexibility index (Phi) is 4.54. The van der Waals surface area contributed by atoms with E-state index in [1.807, 2.05) is 12.4 Å². The monoisotopic (exact) mass is 361 g/mol. The third kappa shape index (κ3) is 3.32. The fraction of sp³-hybridized carbons (Fsp3) is 0.455. The summed E-state index contributed by atoms with van der Waals surface area (Å²) in [5, 5.41) is 4.74. The maximum atomic E-state index is 4.74. The number of nitrogens with zero attached hydrogens (tertiary/aromatic N) is 5. The quantitative estimate of drug-likeness (QED) is 0.710. The molecule has 0 saturated carbocycles. The number of hydrogen-bond acceptors (Lipinski definition) is 4. The molecule has 3 aromatic rings. The van der Waals surface area contributed by atoms with Gasteiger partial charge in [-0.25, -0.2) is 9.50 Å². The molecule has 27 heavy (non-hydrogen) atoms. The Hall–Kier alpha value is -2.40. The van der Waals surface area contributed by atoms with Gasteiger partial charge in [-0.1, -0.05) is 30.3 Å². The van der Waals surface area contributed by atoms with E-state index in [-0.39, 0.29) is 0 Å². The Morgan fingerprint density at radius 1 is 0.963 bits per heavy atom. The summed E-state index contributed by atoms with van der Waals surface area (Å²) < 4.78 is 2.10. The number of hydrogen-bond donors (Lipinski definition) is 0. The lowest BCUT2D eigenvalue weighted by Crippen LogP contribution is -2.34. The molecule has 2 fully saturated rings. The predicted octanol–water partition coefficient (Wildman–Crippen LogP) is 3.71. The number of aromatic nitrogens is 3. The first kappa shape index (κ1) is 16.8. The summed E-state index contributed by atoms with van der Waals surface area (Å²) in [6, 6.07) is 13.0. The zero-order valence-electron chi connectivity index (χ0n) is 15.8. The minimum absolute atomic E-state index is 0.513. The smallest absolute Gasteiger partial charge is 0.178 e. The first-order valence-corrected chi connectivity index (χ1v) is 10.2. The van der Waals surface area contributed by atoms with Crippen LogP contribution >= 0.6 is 0 Å². The third-order valence-electron chi connectivity index (χ3n) is 6.03. The molecule has 5 heteroatoms. The highest BCUT2D eigenvalue weighted by molar-refractivity contribution is 5.68. The van der Waals surface area contributed by atoms with Crippen molar-refractivity contribution >= 4 is 11.3 Å². The molecule has 5 rings (SSSR count). The van der Waals surface area contributed by atoms with Crippen LogP contribution in [0.4, 0.5) is 5.69 Å². The van der Waals surface area contributed by atoms with Gasteiger partial charge in [-0.15, -0.1) is 0 Å². The molecule has 0 amide bonds. The van der Waals surface area contributed by atoms with Gasteiger partial charge in [0.25, 0.3) is 0 Å². The van der Waals surface area contributed by atoms with Crippen LogP contribution in [-0.2, 0) is 6.54 Å². The highest BCUT2D eigenvalue weighted by Crippen LogP contribution is 2.30. The average molecular weight is 361 g/mol.